The van der Waals surface area contributed by atoms with Crippen molar-refractivity contribution in [1.82, 2.24) is 9.55 Å². The van der Waals surface area contributed by atoms with Gasteiger partial charge in [0.25, 0.3) is 5.56 Å². The zero-order chi connectivity index (χ0) is 22.8. The van der Waals surface area contributed by atoms with Crippen LogP contribution in [0.5, 0.6) is 0 Å². The molecule has 3 aliphatic carbocycles. The Kier molecular flexibility index (Phi) is 6.64. The highest BCUT2D eigenvalue weighted by Gasteiger charge is 2.43. The van der Waals surface area contributed by atoms with E-state index >= 15 is 0 Å². The lowest BCUT2D eigenvalue weighted by atomic mass is 9.62. The van der Waals surface area contributed by atoms with E-state index in [0.29, 0.717) is 24.1 Å². The summed E-state index contributed by atoms with van der Waals surface area (Å²) in [6.07, 6.45) is 11.5. The second-order valence-electron chi connectivity index (χ2n) is 9.96. The number of fused-ring (bicyclic) bond motifs is 4. The molecule has 0 atom stereocenters. The van der Waals surface area contributed by atoms with Crippen LogP contribution in [0, 0.1) is 5.92 Å². The van der Waals surface area contributed by atoms with Gasteiger partial charge >= 0.3 is 5.30 Å². The Balaban J connectivity index is 1.65. The number of hydrogen-bond acceptors (Lipinski definition) is 5. The first kappa shape index (κ1) is 22.7. The molecule has 33 heavy (non-hydrogen) atoms. The third-order valence-electron chi connectivity index (χ3n) is 7.89. The number of hydrogen-bond donors (Lipinski definition) is 0. The maximum atomic E-state index is 14.3. The van der Waals surface area contributed by atoms with Crippen molar-refractivity contribution in [3.63, 3.8) is 0 Å². The number of carbonyl (C=O) groups excluding carboxylic acids is 1. The fourth-order valence-corrected chi connectivity index (χ4v) is 6.99. The summed E-state index contributed by atoms with van der Waals surface area (Å²) < 4.78 is 7.07. The zero-order valence-corrected chi connectivity index (χ0v) is 20.4. The van der Waals surface area contributed by atoms with E-state index in [1.807, 2.05) is 17.6 Å². The summed E-state index contributed by atoms with van der Waals surface area (Å²) in [4.78, 5) is 31.6. The van der Waals surface area contributed by atoms with Crippen molar-refractivity contribution in [2.75, 3.05) is 6.61 Å². The van der Waals surface area contributed by atoms with Crippen molar-refractivity contribution in [2.45, 2.75) is 88.8 Å². The summed E-state index contributed by atoms with van der Waals surface area (Å²) >= 11 is 1.11. The fraction of sp³-hybridized carbons (Fsp3) is 0.593. The smallest absolute Gasteiger partial charge is 0.367 e. The molecule has 0 aliphatic heterocycles. The number of rotatable bonds is 5. The molecule has 1 aromatic carbocycles. The SMILES string of the molecule is CCOC(=O)SCc1nc2c(c(=O)n1CC1CCCC1)C1(CCCCC1)Cc1ccccc1-2. The molecule has 1 heterocycles. The molecule has 5 rings (SSSR count). The summed E-state index contributed by atoms with van der Waals surface area (Å²) in [7, 11) is 0. The van der Waals surface area contributed by atoms with Gasteiger partial charge in [-0.05, 0) is 62.3 Å². The van der Waals surface area contributed by atoms with E-state index in [0.717, 1.165) is 54.4 Å². The minimum atomic E-state index is -0.305. The van der Waals surface area contributed by atoms with E-state index in [1.165, 1.54) is 50.5 Å². The van der Waals surface area contributed by atoms with E-state index < -0.39 is 0 Å². The van der Waals surface area contributed by atoms with E-state index in [9.17, 15) is 9.59 Å². The monoisotopic (exact) mass is 466 g/mol. The summed E-state index contributed by atoms with van der Waals surface area (Å²) in [5.74, 6) is 1.60. The van der Waals surface area contributed by atoms with Crippen LogP contribution >= 0.6 is 11.8 Å². The lowest BCUT2D eigenvalue weighted by Crippen LogP contribution is -2.44. The molecule has 0 saturated heterocycles. The van der Waals surface area contributed by atoms with Crippen molar-refractivity contribution in [3.05, 3.63) is 51.6 Å². The van der Waals surface area contributed by atoms with Crippen LogP contribution in [-0.4, -0.2) is 21.5 Å². The van der Waals surface area contributed by atoms with Crippen LogP contribution in [0.2, 0.25) is 0 Å². The van der Waals surface area contributed by atoms with Gasteiger partial charge in [-0.1, -0.05) is 56.4 Å². The van der Waals surface area contributed by atoms with Gasteiger partial charge < -0.3 is 4.74 Å². The minimum Gasteiger partial charge on any atom is -0.458 e. The second kappa shape index (κ2) is 9.65. The molecule has 1 aromatic heterocycles. The average molecular weight is 467 g/mol. The van der Waals surface area contributed by atoms with Crippen molar-refractivity contribution in [2.24, 2.45) is 5.92 Å². The molecule has 1 spiro atoms. The Morgan fingerprint density at radius 1 is 1.15 bits per heavy atom. The van der Waals surface area contributed by atoms with E-state index in [1.54, 1.807) is 0 Å². The average Bonchev–Trinajstić information content (AvgIpc) is 3.33. The number of benzene rings is 1. The number of aromatic nitrogens is 2. The zero-order valence-electron chi connectivity index (χ0n) is 19.6. The molecule has 0 bridgehead atoms. The quantitative estimate of drug-likeness (QED) is 0.488. The van der Waals surface area contributed by atoms with Crippen LogP contribution in [0.4, 0.5) is 4.79 Å². The van der Waals surface area contributed by atoms with Gasteiger partial charge in [-0.3, -0.25) is 9.36 Å². The fourth-order valence-electron chi connectivity index (χ4n) is 6.32. The van der Waals surface area contributed by atoms with Gasteiger partial charge in [0, 0.05) is 17.5 Å². The molecule has 0 unspecified atom stereocenters. The van der Waals surface area contributed by atoms with Gasteiger partial charge in [-0.2, -0.15) is 0 Å². The summed E-state index contributed by atoms with van der Waals surface area (Å²) in [6.45, 7) is 2.88. The van der Waals surface area contributed by atoms with Crippen LogP contribution in [0.25, 0.3) is 11.3 Å². The largest absolute Gasteiger partial charge is 0.458 e. The normalized spacial score (nSPS) is 19.3. The van der Waals surface area contributed by atoms with Gasteiger partial charge in [0.15, 0.2) is 0 Å². The number of carbonyl (C=O) groups is 1. The van der Waals surface area contributed by atoms with Crippen molar-refractivity contribution >= 4 is 17.1 Å². The molecule has 0 amide bonds. The third kappa shape index (κ3) is 4.39. The lowest BCUT2D eigenvalue weighted by molar-refractivity contribution is 0.181. The first-order valence-electron chi connectivity index (χ1n) is 12.6. The Morgan fingerprint density at radius 2 is 1.91 bits per heavy atom. The Hall–Kier alpha value is -2.08. The maximum Gasteiger partial charge on any atom is 0.367 e. The summed E-state index contributed by atoms with van der Waals surface area (Å²) in [6, 6.07) is 8.45. The van der Waals surface area contributed by atoms with Crippen molar-refractivity contribution in [3.8, 4) is 11.3 Å². The van der Waals surface area contributed by atoms with Crippen LogP contribution in [0.15, 0.2) is 29.1 Å². The summed E-state index contributed by atoms with van der Waals surface area (Å²) in [5, 5.41) is -0.305. The molecular formula is C27H34N2O3S. The van der Waals surface area contributed by atoms with E-state index in [4.69, 9.17) is 9.72 Å². The van der Waals surface area contributed by atoms with E-state index in [-0.39, 0.29) is 16.3 Å². The molecule has 2 saturated carbocycles. The van der Waals surface area contributed by atoms with Crippen LogP contribution in [0.3, 0.4) is 0 Å². The number of nitrogens with zero attached hydrogens (tertiary/aromatic N) is 2. The number of thioether (sulfide) groups is 1. The van der Waals surface area contributed by atoms with Crippen molar-refractivity contribution in [1.29, 1.82) is 0 Å². The molecule has 176 valence electrons. The van der Waals surface area contributed by atoms with Crippen LogP contribution in [-0.2, 0) is 28.9 Å². The highest BCUT2D eigenvalue weighted by atomic mass is 32.2. The standard InChI is InChI=1S/C27H34N2O3S/c1-2-32-26(31)33-18-22-28-24-21-13-7-6-12-20(21)16-27(14-8-3-9-15-27)23(24)25(30)29(22)17-19-10-4-5-11-19/h6-7,12-13,19H,2-5,8-11,14-18H2,1H3. The molecule has 5 nitrogen and oxygen atoms in total. The first-order valence-corrected chi connectivity index (χ1v) is 13.6. The first-order chi connectivity index (χ1) is 16.1. The van der Waals surface area contributed by atoms with Gasteiger partial charge in [-0.15, -0.1) is 0 Å². The predicted molar refractivity (Wildman–Crippen MR) is 133 cm³/mol. The van der Waals surface area contributed by atoms with Gasteiger partial charge in [0.2, 0.25) is 0 Å². The van der Waals surface area contributed by atoms with E-state index in [2.05, 4.69) is 18.2 Å². The van der Waals surface area contributed by atoms with Crippen molar-refractivity contribution < 1.29 is 9.53 Å². The predicted octanol–water partition coefficient (Wildman–Crippen LogP) is 6.25. The topological polar surface area (TPSA) is 61.2 Å². The Labute approximate surface area is 200 Å². The van der Waals surface area contributed by atoms with Gasteiger partial charge in [0.05, 0.1) is 23.6 Å². The van der Waals surface area contributed by atoms with Gasteiger partial charge in [-0.25, -0.2) is 9.78 Å². The lowest BCUT2D eigenvalue weighted by Gasteiger charge is -2.42. The highest BCUT2D eigenvalue weighted by molar-refractivity contribution is 8.12. The second-order valence-corrected chi connectivity index (χ2v) is 10.9. The van der Waals surface area contributed by atoms with Gasteiger partial charge in [0.1, 0.15) is 5.82 Å². The molecule has 0 N–H and O–H groups in total. The molecule has 0 radical (unpaired) electrons. The maximum absolute atomic E-state index is 14.3. The molecule has 2 aromatic rings. The molecule has 3 aliphatic rings. The molecule has 2 fully saturated rings. The van der Waals surface area contributed by atoms with Crippen LogP contribution in [0.1, 0.15) is 81.7 Å². The molecule has 6 heteroatoms. The molecular weight excluding hydrogens is 432 g/mol. The highest BCUT2D eigenvalue weighted by Crippen LogP contribution is 2.48. The Morgan fingerprint density at radius 3 is 2.67 bits per heavy atom. The van der Waals surface area contributed by atoms with Crippen LogP contribution < -0.4 is 5.56 Å². The Bertz CT molecular complexity index is 1080. The minimum absolute atomic E-state index is 0.101. The summed E-state index contributed by atoms with van der Waals surface area (Å²) in [5.41, 5.74) is 4.25. The third-order valence-corrected chi connectivity index (χ3v) is 8.64. The number of ether oxygens (including phenoxy) is 1.